The van der Waals surface area contributed by atoms with Crippen molar-refractivity contribution in [1.29, 1.82) is 0 Å². The lowest BCUT2D eigenvalue weighted by Crippen LogP contribution is -2.49. The molecule has 1 aromatic carbocycles. The monoisotopic (exact) mass is 324 g/mol. The fourth-order valence-corrected chi connectivity index (χ4v) is 4.90. The molecule has 0 radical (unpaired) electrons. The fourth-order valence-electron chi connectivity index (χ4n) is 3.36. The van der Waals surface area contributed by atoms with Crippen LogP contribution in [0.3, 0.4) is 0 Å². The summed E-state index contributed by atoms with van der Waals surface area (Å²) >= 11 is 0. The van der Waals surface area contributed by atoms with Gasteiger partial charge in [0.05, 0.1) is 12.4 Å². The summed E-state index contributed by atoms with van der Waals surface area (Å²) in [5, 5.41) is 0. The summed E-state index contributed by atoms with van der Waals surface area (Å²) in [6.45, 7) is 4.41. The van der Waals surface area contributed by atoms with Gasteiger partial charge < -0.3 is 9.64 Å². The van der Waals surface area contributed by atoms with E-state index in [1.165, 1.54) is 11.3 Å². The molecule has 0 saturated carbocycles. The molecule has 0 unspecified atom stereocenters. The first-order chi connectivity index (χ1) is 10.6. The van der Waals surface area contributed by atoms with Crippen molar-refractivity contribution in [2.24, 2.45) is 0 Å². The zero-order chi connectivity index (χ0) is 15.6. The minimum absolute atomic E-state index is 0.257. The molecule has 2 heterocycles. The van der Waals surface area contributed by atoms with Gasteiger partial charge in [0.25, 0.3) is 0 Å². The lowest BCUT2D eigenvalue weighted by molar-refractivity contribution is 0.0988. The highest BCUT2D eigenvalue weighted by Gasteiger charge is 2.32. The Morgan fingerprint density at radius 1 is 1.23 bits per heavy atom. The molecule has 0 N–H and O–H groups in total. The maximum atomic E-state index is 12.2. The predicted molar refractivity (Wildman–Crippen MR) is 87.2 cm³/mol. The molecule has 122 valence electrons. The molecule has 0 amide bonds. The van der Waals surface area contributed by atoms with E-state index in [1.54, 1.807) is 4.31 Å². The number of fused-ring (bicyclic) bond motifs is 1. The highest BCUT2D eigenvalue weighted by molar-refractivity contribution is 7.89. The van der Waals surface area contributed by atoms with E-state index in [-0.39, 0.29) is 5.75 Å². The van der Waals surface area contributed by atoms with Crippen LogP contribution < -0.4 is 4.90 Å². The van der Waals surface area contributed by atoms with Crippen molar-refractivity contribution in [2.75, 3.05) is 30.5 Å². The number of hydrogen-bond acceptors (Lipinski definition) is 4. The fraction of sp³-hybridized carbons (Fsp3) is 0.625. The molecule has 0 aliphatic carbocycles. The van der Waals surface area contributed by atoms with E-state index in [4.69, 9.17) is 4.74 Å². The molecule has 0 atom stereocenters. The van der Waals surface area contributed by atoms with E-state index in [1.807, 2.05) is 13.0 Å². The summed E-state index contributed by atoms with van der Waals surface area (Å²) < 4.78 is 31.7. The van der Waals surface area contributed by atoms with Crippen LogP contribution in [0.4, 0.5) is 5.69 Å². The van der Waals surface area contributed by atoms with E-state index in [9.17, 15) is 8.42 Å². The third kappa shape index (κ3) is 3.14. The summed E-state index contributed by atoms with van der Waals surface area (Å²) in [5.74, 6) is 0.257. The number of benzene rings is 1. The standard InChI is InChI=1S/C16H24N2O3S/c1-2-11-22(19,20)17-9-7-15(8-10-17)18-13-21-12-14-5-3-4-6-16(14)18/h3-6,15H,2,7-13H2,1H3. The summed E-state index contributed by atoms with van der Waals surface area (Å²) in [7, 11) is -3.06. The summed E-state index contributed by atoms with van der Waals surface area (Å²) in [6.07, 6.45) is 2.40. The Morgan fingerprint density at radius 3 is 2.68 bits per heavy atom. The molecule has 1 fully saturated rings. The molecular weight excluding hydrogens is 300 g/mol. The summed E-state index contributed by atoms with van der Waals surface area (Å²) in [6, 6.07) is 8.68. The Kier molecular flexibility index (Phi) is 4.70. The van der Waals surface area contributed by atoms with Crippen LogP contribution in [-0.2, 0) is 21.4 Å². The molecule has 3 rings (SSSR count). The molecule has 5 nitrogen and oxygen atoms in total. The second-order valence-electron chi connectivity index (χ2n) is 6.02. The van der Waals surface area contributed by atoms with Crippen molar-refractivity contribution < 1.29 is 13.2 Å². The molecular formula is C16H24N2O3S. The van der Waals surface area contributed by atoms with Gasteiger partial charge in [-0.15, -0.1) is 0 Å². The number of para-hydroxylation sites is 1. The van der Waals surface area contributed by atoms with Crippen LogP contribution >= 0.6 is 0 Å². The van der Waals surface area contributed by atoms with Crippen molar-refractivity contribution in [3.8, 4) is 0 Å². The van der Waals surface area contributed by atoms with Crippen LogP contribution in [0.5, 0.6) is 0 Å². The molecule has 6 heteroatoms. The van der Waals surface area contributed by atoms with Gasteiger partial charge in [-0.05, 0) is 25.3 Å². The summed E-state index contributed by atoms with van der Waals surface area (Å²) in [4.78, 5) is 2.29. The maximum Gasteiger partial charge on any atom is 0.214 e. The molecule has 2 aliphatic rings. The van der Waals surface area contributed by atoms with Gasteiger partial charge in [-0.3, -0.25) is 0 Å². The topological polar surface area (TPSA) is 49.9 Å². The van der Waals surface area contributed by atoms with E-state index in [0.717, 1.165) is 12.8 Å². The first-order valence-electron chi connectivity index (χ1n) is 8.02. The Hall–Kier alpha value is -1.11. The normalized spacial score (nSPS) is 20.9. The SMILES string of the molecule is CCCS(=O)(=O)N1CCC(N2COCc3ccccc32)CC1. The minimum atomic E-state index is -3.06. The van der Waals surface area contributed by atoms with E-state index in [0.29, 0.717) is 38.9 Å². The number of nitrogens with zero attached hydrogens (tertiary/aromatic N) is 2. The van der Waals surface area contributed by atoms with Crippen LogP contribution in [-0.4, -0.2) is 44.3 Å². The highest BCUT2D eigenvalue weighted by atomic mass is 32.2. The third-order valence-electron chi connectivity index (χ3n) is 4.51. The number of anilines is 1. The lowest BCUT2D eigenvalue weighted by atomic mass is 10.0. The Morgan fingerprint density at radius 2 is 1.95 bits per heavy atom. The largest absolute Gasteiger partial charge is 0.356 e. The van der Waals surface area contributed by atoms with Crippen LogP contribution in [0.1, 0.15) is 31.7 Å². The maximum absolute atomic E-state index is 12.2. The van der Waals surface area contributed by atoms with Crippen LogP contribution in [0.15, 0.2) is 24.3 Å². The molecule has 0 spiro atoms. The average Bonchev–Trinajstić information content (AvgIpc) is 2.54. The van der Waals surface area contributed by atoms with Crippen LogP contribution in [0, 0.1) is 0 Å². The smallest absolute Gasteiger partial charge is 0.214 e. The minimum Gasteiger partial charge on any atom is -0.356 e. The van der Waals surface area contributed by atoms with E-state index >= 15 is 0 Å². The van der Waals surface area contributed by atoms with Crippen molar-refractivity contribution in [3.63, 3.8) is 0 Å². The highest BCUT2D eigenvalue weighted by Crippen LogP contribution is 2.31. The second kappa shape index (κ2) is 6.56. The first kappa shape index (κ1) is 15.8. The Balaban J connectivity index is 1.68. The van der Waals surface area contributed by atoms with Gasteiger partial charge in [0, 0.05) is 30.4 Å². The quantitative estimate of drug-likeness (QED) is 0.852. The van der Waals surface area contributed by atoms with Gasteiger partial charge in [-0.2, -0.15) is 0 Å². The number of hydrogen-bond donors (Lipinski definition) is 0. The molecule has 1 aromatic rings. The first-order valence-corrected chi connectivity index (χ1v) is 9.63. The number of sulfonamides is 1. The number of piperidine rings is 1. The van der Waals surface area contributed by atoms with Crippen LogP contribution in [0.2, 0.25) is 0 Å². The molecule has 2 aliphatic heterocycles. The van der Waals surface area contributed by atoms with Gasteiger partial charge >= 0.3 is 0 Å². The lowest BCUT2D eigenvalue weighted by Gasteiger charge is -2.41. The molecule has 0 bridgehead atoms. The predicted octanol–water partition coefficient (Wildman–Crippen LogP) is 2.18. The molecule has 0 aromatic heterocycles. The Bertz CT molecular complexity index is 610. The van der Waals surface area contributed by atoms with E-state index < -0.39 is 10.0 Å². The van der Waals surface area contributed by atoms with Gasteiger partial charge in [0.1, 0.15) is 6.73 Å². The Labute approximate surface area is 132 Å². The molecule has 22 heavy (non-hydrogen) atoms. The second-order valence-corrected chi connectivity index (χ2v) is 8.11. The van der Waals surface area contributed by atoms with Crippen molar-refractivity contribution >= 4 is 15.7 Å². The van der Waals surface area contributed by atoms with E-state index in [2.05, 4.69) is 23.1 Å². The van der Waals surface area contributed by atoms with Gasteiger partial charge in [0.15, 0.2) is 0 Å². The van der Waals surface area contributed by atoms with Gasteiger partial charge in [-0.25, -0.2) is 12.7 Å². The zero-order valence-corrected chi connectivity index (χ0v) is 13.9. The summed E-state index contributed by atoms with van der Waals surface area (Å²) in [5.41, 5.74) is 2.46. The average molecular weight is 324 g/mol. The zero-order valence-electron chi connectivity index (χ0n) is 13.1. The van der Waals surface area contributed by atoms with Crippen molar-refractivity contribution in [2.45, 2.75) is 38.8 Å². The van der Waals surface area contributed by atoms with Gasteiger partial charge in [0.2, 0.25) is 10.0 Å². The molecule has 1 saturated heterocycles. The van der Waals surface area contributed by atoms with Crippen LogP contribution in [0.25, 0.3) is 0 Å². The van der Waals surface area contributed by atoms with Crippen molar-refractivity contribution in [1.82, 2.24) is 4.31 Å². The number of ether oxygens (including phenoxy) is 1. The number of rotatable bonds is 4. The van der Waals surface area contributed by atoms with Gasteiger partial charge in [-0.1, -0.05) is 25.1 Å². The van der Waals surface area contributed by atoms with Crippen molar-refractivity contribution in [3.05, 3.63) is 29.8 Å². The third-order valence-corrected chi connectivity index (χ3v) is 6.58.